The fourth-order valence-corrected chi connectivity index (χ4v) is 3.24. The molecule has 3 rings (SSSR count). The third-order valence-corrected chi connectivity index (χ3v) is 4.56. The number of H-pyrrole nitrogens is 1. The van der Waals surface area contributed by atoms with E-state index in [1.54, 1.807) is 6.92 Å². The Morgan fingerprint density at radius 2 is 2.30 bits per heavy atom. The van der Waals surface area contributed by atoms with E-state index in [4.69, 9.17) is 4.74 Å². The van der Waals surface area contributed by atoms with Crippen LogP contribution in [0.3, 0.4) is 0 Å². The third kappa shape index (κ3) is 3.34. The molecule has 0 bridgehead atoms. The second kappa shape index (κ2) is 6.62. The van der Waals surface area contributed by atoms with Crippen molar-refractivity contribution in [2.24, 2.45) is 5.92 Å². The minimum absolute atomic E-state index is 0.00418. The lowest BCUT2D eigenvalue weighted by Crippen LogP contribution is -2.43. The Bertz CT molecular complexity index is 693. The largest absolute Gasteiger partial charge is 0.494 e. The van der Waals surface area contributed by atoms with Gasteiger partial charge >= 0.3 is 0 Å². The number of nitrogens with one attached hydrogen (secondary N) is 1. The first-order chi connectivity index (χ1) is 11.1. The fraction of sp³-hybridized carbons (Fsp3) is 0.500. The summed E-state index contributed by atoms with van der Waals surface area (Å²) in [5.41, 5.74) is 1.50. The second-order valence-corrected chi connectivity index (χ2v) is 6.26. The zero-order valence-electron chi connectivity index (χ0n) is 13.7. The molecule has 0 spiro atoms. The van der Waals surface area contributed by atoms with Crippen molar-refractivity contribution in [1.29, 1.82) is 0 Å². The number of fused-ring (bicyclic) bond motifs is 1. The zero-order chi connectivity index (χ0) is 16.4. The summed E-state index contributed by atoms with van der Waals surface area (Å²) in [4.78, 5) is 17.8. The molecule has 0 aliphatic carbocycles. The number of ether oxygens (including phenoxy) is 1. The molecule has 2 heterocycles. The molecule has 1 amide bonds. The maximum atomic E-state index is 12.7. The van der Waals surface area contributed by atoms with Gasteiger partial charge in [0.1, 0.15) is 11.4 Å². The smallest absolute Gasteiger partial charge is 0.270 e. The van der Waals surface area contributed by atoms with E-state index in [1.165, 1.54) is 0 Å². The molecule has 1 fully saturated rings. The number of hydrogen-bond acceptors (Lipinski definition) is 3. The van der Waals surface area contributed by atoms with E-state index in [1.807, 2.05) is 36.1 Å². The summed E-state index contributed by atoms with van der Waals surface area (Å²) in [5, 5.41) is 10.8. The number of hydrogen-bond donors (Lipinski definition) is 2. The highest BCUT2D eigenvalue weighted by Crippen LogP contribution is 2.24. The number of benzene rings is 1. The molecule has 124 valence electrons. The number of piperidine rings is 1. The first-order valence-electron chi connectivity index (χ1n) is 8.31. The second-order valence-electron chi connectivity index (χ2n) is 6.26. The Morgan fingerprint density at radius 1 is 1.48 bits per heavy atom. The Morgan fingerprint density at radius 3 is 3.04 bits per heavy atom. The predicted octanol–water partition coefficient (Wildman–Crippen LogP) is 2.80. The number of carbonyl (C=O) groups is 1. The van der Waals surface area contributed by atoms with Gasteiger partial charge in [-0.1, -0.05) is 0 Å². The van der Waals surface area contributed by atoms with Gasteiger partial charge in [0.05, 0.1) is 12.7 Å². The van der Waals surface area contributed by atoms with Crippen LogP contribution in [0.25, 0.3) is 10.9 Å². The van der Waals surface area contributed by atoms with Crippen molar-refractivity contribution >= 4 is 16.8 Å². The average molecular weight is 316 g/mol. The van der Waals surface area contributed by atoms with Gasteiger partial charge in [-0.15, -0.1) is 0 Å². The molecular formula is C18H24N2O3. The molecule has 1 aliphatic rings. The van der Waals surface area contributed by atoms with Crippen LogP contribution in [0.15, 0.2) is 24.3 Å². The van der Waals surface area contributed by atoms with Crippen LogP contribution in [0.1, 0.15) is 37.2 Å². The van der Waals surface area contributed by atoms with E-state index in [0.717, 1.165) is 36.0 Å². The maximum absolute atomic E-state index is 12.7. The van der Waals surface area contributed by atoms with Crippen LogP contribution in [0.5, 0.6) is 5.75 Å². The van der Waals surface area contributed by atoms with Crippen molar-refractivity contribution in [3.8, 4) is 5.75 Å². The molecule has 0 radical (unpaired) electrons. The third-order valence-electron chi connectivity index (χ3n) is 4.56. The van der Waals surface area contributed by atoms with Gasteiger partial charge in [-0.3, -0.25) is 4.79 Å². The predicted molar refractivity (Wildman–Crippen MR) is 89.8 cm³/mol. The van der Waals surface area contributed by atoms with Crippen LogP contribution in [-0.4, -0.2) is 46.7 Å². The summed E-state index contributed by atoms with van der Waals surface area (Å²) in [6, 6.07) is 7.69. The number of aromatic nitrogens is 1. The van der Waals surface area contributed by atoms with Crippen LogP contribution < -0.4 is 4.74 Å². The zero-order valence-corrected chi connectivity index (χ0v) is 13.7. The van der Waals surface area contributed by atoms with Crippen molar-refractivity contribution in [2.75, 3.05) is 19.7 Å². The highest BCUT2D eigenvalue weighted by molar-refractivity contribution is 5.98. The van der Waals surface area contributed by atoms with E-state index >= 15 is 0 Å². The molecule has 2 atom stereocenters. The number of likely N-dealkylation sites (tertiary alicyclic amines) is 1. The topological polar surface area (TPSA) is 65.6 Å². The normalized spacial score (nSPS) is 19.8. The molecule has 5 heteroatoms. The highest BCUT2D eigenvalue weighted by atomic mass is 16.5. The highest BCUT2D eigenvalue weighted by Gasteiger charge is 2.27. The Kier molecular flexibility index (Phi) is 4.57. The molecule has 2 N–H and O–H groups in total. The van der Waals surface area contributed by atoms with E-state index in [9.17, 15) is 9.90 Å². The van der Waals surface area contributed by atoms with Crippen LogP contribution in [0, 0.1) is 5.92 Å². The van der Waals surface area contributed by atoms with Gasteiger partial charge in [0.15, 0.2) is 0 Å². The summed E-state index contributed by atoms with van der Waals surface area (Å²) in [6.45, 7) is 5.74. The molecule has 1 aliphatic heterocycles. The van der Waals surface area contributed by atoms with Crippen LogP contribution in [-0.2, 0) is 0 Å². The Balaban J connectivity index is 1.80. The van der Waals surface area contributed by atoms with Crippen molar-refractivity contribution in [1.82, 2.24) is 9.88 Å². The number of nitrogens with zero attached hydrogens (tertiary/aromatic N) is 1. The summed E-state index contributed by atoms with van der Waals surface area (Å²) in [7, 11) is 0. The molecular weight excluding hydrogens is 292 g/mol. The van der Waals surface area contributed by atoms with Crippen molar-refractivity contribution < 1.29 is 14.6 Å². The van der Waals surface area contributed by atoms with E-state index < -0.39 is 0 Å². The molecule has 5 nitrogen and oxygen atoms in total. The van der Waals surface area contributed by atoms with Gasteiger partial charge in [-0.25, -0.2) is 0 Å². The Labute approximate surface area is 136 Å². The average Bonchev–Trinajstić information content (AvgIpc) is 2.98. The van der Waals surface area contributed by atoms with Crippen molar-refractivity contribution in [3.05, 3.63) is 30.0 Å². The molecule has 23 heavy (non-hydrogen) atoms. The first kappa shape index (κ1) is 15.9. The lowest BCUT2D eigenvalue weighted by molar-refractivity contribution is 0.0462. The molecule has 2 aromatic rings. The molecule has 1 saturated heterocycles. The lowest BCUT2D eigenvalue weighted by atomic mass is 9.93. The fourth-order valence-electron chi connectivity index (χ4n) is 3.24. The molecule has 1 aromatic carbocycles. The molecule has 1 aromatic heterocycles. The van der Waals surface area contributed by atoms with E-state index in [0.29, 0.717) is 18.8 Å². The Hall–Kier alpha value is -2.01. The summed E-state index contributed by atoms with van der Waals surface area (Å²) >= 11 is 0. The molecule has 0 saturated carbocycles. The minimum Gasteiger partial charge on any atom is -0.494 e. The van der Waals surface area contributed by atoms with Crippen LogP contribution in [0.2, 0.25) is 0 Å². The van der Waals surface area contributed by atoms with Crippen LogP contribution >= 0.6 is 0 Å². The summed E-state index contributed by atoms with van der Waals surface area (Å²) in [6.07, 6.45) is 1.55. The van der Waals surface area contributed by atoms with Gasteiger partial charge in [0, 0.05) is 36.0 Å². The minimum atomic E-state index is -0.373. The number of aliphatic hydroxyl groups is 1. The lowest BCUT2D eigenvalue weighted by Gasteiger charge is -2.33. The van der Waals surface area contributed by atoms with Gasteiger partial charge in [0.2, 0.25) is 0 Å². The van der Waals surface area contributed by atoms with E-state index in [-0.39, 0.29) is 17.9 Å². The number of aliphatic hydroxyl groups excluding tert-OH is 1. The first-order valence-corrected chi connectivity index (χ1v) is 8.31. The SMILES string of the molecule is CCOc1ccc2cc(C(=O)N3CCCC(C(C)O)C3)[nH]c2c1. The maximum Gasteiger partial charge on any atom is 0.270 e. The monoisotopic (exact) mass is 316 g/mol. The van der Waals surface area contributed by atoms with Crippen LogP contribution in [0.4, 0.5) is 0 Å². The summed E-state index contributed by atoms with van der Waals surface area (Å²) in [5.74, 6) is 0.971. The quantitative estimate of drug-likeness (QED) is 0.911. The standard InChI is InChI=1S/C18H24N2O3/c1-3-23-15-7-6-13-9-17(19-16(13)10-15)18(22)20-8-4-5-14(11-20)12(2)21/h6-7,9-10,12,14,19,21H,3-5,8,11H2,1-2H3. The number of carbonyl (C=O) groups excluding carboxylic acids is 1. The van der Waals surface area contributed by atoms with Crippen molar-refractivity contribution in [2.45, 2.75) is 32.8 Å². The number of aromatic amines is 1. The van der Waals surface area contributed by atoms with E-state index in [2.05, 4.69) is 4.98 Å². The van der Waals surface area contributed by atoms with Crippen molar-refractivity contribution in [3.63, 3.8) is 0 Å². The van der Waals surface area contributed by atoms with Gasteiger partial charge in [-0.05, 0) is 44.9 Å². The molecule has 2 unspecified atom stereocenters. The van der Waals surface area contributed by atoms with Gasteiger partial charge in [-0.2, -0.15) is 0 Å². The summed E-state index contributed by atoms with van der Waals surface area (Å²) < 4.78 is 5.50. The number of amides is 1. The van der Waals surface area contributed by atoms with Gasteiger partial charge < -0.3 is 19.7 Å². The van der Waals surface area contributed by atoms with Gasteiger partial charge in [0.25, 0.3) is 5.91 Å². The number of rotatable bonds is 4.